The molecule has 0 fully saturated rings. The van der Waals surface area contributed by atoms with Crippen LogP contribution in [0, 0.1) is 0 Å². The van der Waals surface area contributed by atoms with E-state index in [4.69, 9.17) is 5.11 Å². The highest BCUT2D eigenvalue weighted by Gasteiger charge is 2.05. The van der Waals surface area contributed by atoms with Crippen LogP contribution in [0.5, 0.6) is 0 Å². The second kappa shape index (κ2) is 6.37. The topological polar surface area (TPSA) is 62.2 Å². The number of hydrogen-bond donors (Lipinski definition) is 2. The minimum Gasteiger partial charge on any atom is -0.478 e. The second-order valence-electron chi connectivity index (χ2n) is 3.56. The lowest BCUT2D eigenvalue weighted by molar-refractivity contribution is 0.0696. The van der Waals surface area contributed by atoms with Crippen LogP contribution < -0.4 is 5.32 Å². The van der Waals surface area contributed by atoms with Crippen molar-refractivity contribution in [2.75, 3.05) is 17.3 Å². The van der Waals surface area contributed by atoms with Gasteiger partial charge in [0.25, 0.3) is 0 Å². The summed E-state index contributed by atoms with van der Waals surface area (Å²) in [4.78, 5) is 14.7. The molecule has 0 saturated heterocycles. The Balaban J connectivity index is 2.51. The maximum absolute atomic E-state index is 10.6. The fourth-order valence-corrected chi connectivity index (χ4v) is 1.81. The molecular formula is C11H16N2O2S. The first-order valence-corrected chi connectivity index (χ1v) is 6.47. The zero-order valence-electron chi connectivity index (χ0n) is 9.43. The van der Waals surface area contributed by atoms with Gasteiger partial charge in [-0.3, -0.25) is 0 Å². The van der Waals surface area contributed by atoms with E-state index in [9.17, 15) is 4.79 Å². The fourth-order valence-electron chi connectivity index (χ4n) is 1.23. The van der Waals surface area contributed by atoms with Crippen LogP contribution in [0.1, 0.15) is 23.7 Å². The van der Waals surface area contributed by atoms with Crippen LogP contribution in [-0.4, -0.2) is 34.1 Å². The predicted molar refractivity (Wildman–Crippen MR) is 67.3 cm³/mol. The van der Waals surface area contributed by atoms with Gasteiger partial charge in [0.2, 0.25) is 0 Å². The molecular weight excluding hydrogens is 224 g/mol. The van der Waals surface area contributed by atoms with Gasteiger partial charge in [0, 0.05) is 12.2 Å². The molecule has 1 aromatic rings. The quantitative estimate of drug-likeness (QED) is 0.799. The molecule has 0 spiro atoms. The summed E-state index contributed by atoms with van der Waals surface area (Å²) < 4.78 is 0. The summed E-state index contributed by atoms with van der Waals surface area (Å²) in [5, 5.41) is 11.9. The number of carbonyl (C=O) groups is 1. The van der Waals surface area contributed by atoms with Crippen LogP contribution in [0.4, 0.5) is 5.82 Å². The normalized spacial score (nSPS) is 12.1. The van der Waals surface area contributed by atoms with Crippen LogP contribution in [0.15, 0.2) is 18.3 Å². The van der Waals surface area contributed by atoms with Gasteiger partial charge < -0.3 is 10.4 Å². The standard InChI is InChI=1S/C11H16N2O2S/c1-8(5-6-16-2)13-10-4-3-9(7-12-10)11(14)15/h3-4,7-8H,5-6H2,1-2H3,(H,12,13)(H,14,15). The number of aromatic nitrogens is 1. The molecule has 1 aromatic heterocycles. The molecule has 1 atom stereocenters. The zero-order valence-corrected chi connectivity index (χ0v) is 10.3. The zero-order chi connectivity index (χ0) is 12.0. The number of nitrogens with one attached hydrogen (secondary N) is 1. The average molecular weight is 240 g/mol. The summed E-state index contributed by atoms with van der Waals surface area (Å²) in [7, 11) is 0. The third-order valence-corrected chi connectivity index (χ3v) is 2.80. The highest BCUT2D eigenvalue weighted by atomic mass is 32.2. The molecule has 2 N–H and O–H groups in total. The Bertz CT molecular complexity index is 340. The van der Waals surface area contributed by atoms with Gasteiger partial charge in [0.1, 0.15) is 5.82 Å². The molecule has 0 amide bonds. The first kappa shape index (κ1) is 12.8. The van der Waals surface area contributed by atoms with Crippen molar-refractivity contribution in [2.24, 2.45) is 0 Å². The number of anilines is 1. The van der Waals surface area contributed by atoms with Crippen molar-refractivity contribution >= 4 is 23.5 Å². The molecule has 0 aliphatic rings. The predicted octanol–water partition coefficient (Wildman–Crippen LogP) is 2.33. The Labute approximate surface area is 99.5 Å². The number of nitrogens with zero attached hydrogens (tertiary/aromatic N) is 1. The minimum atomic E-state index is -0.950. The van der Waals surface area contributed by atoms with Gasteiger partial charge in [-0.15, -0.1) is 0 Å². The number of rotatable bonds is 6. The molecule has 0 aliphatic heterocycles. The van der Waals surface area contributed by atoms with Crippen molar-refractivity contribution in [3.05, 3.63) is 23.9 Å². The lowest BCUT2D eigenvalue weighted by atomic mass is 10.2. The van der Waals surface area contributed by atoms with E-state index in [1.165, 1.54) is 6.20 Å². The summed E-state index contributed by atoms with van der Waals surface area (Å²) in [5.41, 5.74) is 0.210. The lowest BCUT2D eigenvalue weighted by Gasteiger charge is -2.13. The van der Waals surface area contributed by atoms with Crippen LogP contribution in [0.3, 0.4) is 0 Å². The highest BCUT2D eigenvalue weighted by molar-refractivity contribution is 7.98. The number of carboxylic acids is 1. The van der Waals surface area contributed by atoms with Gasteiger partial charge in [-0.1, -0.05) is 0 Å². The molecule has 5 heteroatoms. The molecule has 0 aromatic carbocycles. The Morgan fingerprint density at radius 2 is 2.38 bits per heavy atom. The Morgan fingerprint density at radius 3 is 2.88 bits per heavy atom. The largest absolute Gasteiger partial charge is 0.478 e. The third kappa shape index (κ3) is 4.10. The van der Waals surface area contributed by atoms with Crippen LogP contribution in [-0.2, 0) is 0 Å². The van der Waals surface area contributed by atoms with E-state index in [2.05, 4.69) is 23.5 Å². The van der Waals surface area contributed by atoms with Crippen LogP contribution >= 0.6 is 11.8 Å². The minimum absolute atomic E-state index is 0.210. The van der Waals surface area contributed by atoms with E-state index >= 15 is 0 Å². The molecule has 1 unspecified atom stereocenters. The molecule has 0 bridgehead atoms. The van der Waals surface area contributed by atoms with Gasteiger partial charge >= 0.3 is 5.97 Å². The Hall–Kier alpha value is -1.23. The van der Waals surface area contributed by atoms with Gasteiger partial charge in [-0.2, -0.15) is 11.8 Å². The van der Waals surface area contributed by atoms with Crippen molar-refractivity contribution < 1.29 is 9.90 Å². The first-order chi connectivity index (χ1) is 7.63. The number of hydrogen-bond acceptors (Lipinski definition) is 4. The summed E-state index contributed by atoms with van der Waals surface area (Å²) in [6, 6.07) is 3.59. The summed E-state index contributed by atoms with van der Waals surface area (Å²) >= 11 is 1.81. The van der Waals surface area contributed by atoms with E-state index in [0.29, 0.717) is 6.04 Å². The number of aromatic carboxylic acids is 1. The van der Waals surface area contributed by atoms with Gasteiger partial charge in [-0.05, 0) is 37.5 Å². The van der Waals surface area contributed by atoms with Crippen molar-refractivity contribution in [3.8, 4) is 0 Å². The molecule has 4 nitrogen and oxygen atoms in total. The van der Waals surface area contributed by atoms with Crippen LogP contribution in [0.25, 0.3) is 0 Å². The smallest absolute Gasteiger partial charge is 0.337 e. The molecule has 88 valence electrons. The van der Waals surface area contributed by atoms with Gasteiger partial charge in [0.15, 0.2) is 0 Å². The van der Waals surface area contributed by atoms with Gasteiger partial charge in [0.05, 0.1) is 5.56 Å². The summed E-state index contributed by atoms with van der Waals surface area (Å²) in [6.45, 7) is 2.09. The van der Waals surface area contributed by atoms with Crippen molar-refractivity contribution in [1.29, 1.82) is 0 Å². The lowest BCUT2D eigenvalue weighted by Crippen LogP contribution is -2.16. The maximum atomic E-state index is 10.6. The van der Waals surface area contributed by atoms with E-state index < -0.39 is 5.97 Å². The Kier molecular flexibility index (Phi) is 5.11. The molecule has 16 heavy (non-hydrogen) atoms. The third-order valence-electron chi connectivity index (χ3n) is 2.16. The number of thioether (sulfide) groups is 1. The van der Waals surface area contributed by atoms with Crippen LogP contribution in [0.2, 0.25) is 0 Å². The molecule has 0 aliphatic carbocycles. The van der Waals surface area contributed by atoms with E-state index in [1.807, 2.05) is 11.8 Å². The van der Waals surface area contributed by atoms with Gasteiger partial charge in [-0.25, -0.2) is 9.78 Å². The monoisotopic (exact) mass is 240 g/mol. The summed E-state index contributed by atoms with van der Waals surface area (Å²) in [5.74, 6) is 0.870. The number of pyridine rings is 1. The molecule has 0 radical (unpaired) electrons. The number of carboxylic acid groups (broad SMARTS) is 1. The van der Waals surface area contributed by atoms with Crippen molar-refractivity contribution in [3.63, 3.8) is 0 Å². The van der Waals surface area contributed by atoms with E-state index in [0.717, 1.165) is 18.0 Å². The first-order valence-electron chi connectivity index (χ1n) is 5.08. The summed E-state index contributed by atoms with van der Waals surface area (Å²) in [6.07, 6.45) is 4.50. The second-order valence-corrected chi connectivity index (χ2v) is 4.55. The van der Waals surface area contributed by atoms with Crippen molar-refractivity contribution in [2.45, 2.75) is 19.4 Å². The molecule has 1 rings (SSSR count). The molecule has 0 saturated carbocycles. The van der Waals surface area contributed by atoms with Crippen molar-refractivity contribution in [1.82, 2.24) is 4.98 Å². The van der Waals surface area contributed by atoms with E-state index in [1.54, 1.807) is 12.1 Å². The fraction of sp³-hybridized carbons (Fsp3) is 0.455. The Morgan fingerprint density at radius 1 is 1.62 bits per heavy atom. The molecule has 1 heterocycles. The maximum Gasteiger partial charge on any atom is 0.337 e. The SMILES string of the molecule is CSCCC(C)Nc1ccc(C(=O)O)cn1. The highest BCUT2D eigenvalue weighted by Crippen LogP contribution is 2.09. The van der Waals surface area contributed by atoms with E-state index in [-0.39, 0.29) is 5.56 Å². The average Bonchev–Trinajstić information content (AvgIpc) is 2.27.